The van der Waals surface area contributed by atoms with E-state index in [1.807, 2.05) is 32.0 Å². The molecule has 3 atom stereocenters. The second-order valence-corrected chi connectivity index (χ2v) is 8.78. The first-order valence-corrected chi connectivity index (χ1v) is 10.3. The van der Waals surface area contributed by atoms with E-state index in [1.54, 1.807) is 7.11 Å². The molecule has 5 heteroatoms. The predicted molar refractivity (Wildman–Crippen MR) is 104 cm³/mol. The highest BCUT2D eigenvalue weighted by molar-refractivity contribution is 6.03. The molecule has 1 saturated carbocycles. The molecule has 4 rings (SSSR count). The highest BCUT2D eigenvalue weighted by Crippen LogP contribution is 2.60. The Balaban J connectivity index is 1.91. The van der Waals surface area contributed by atoms with Gasteiger partial charge in [-0.2, -0.15) is 5.26 Å². The lowest BCUT2D eigenvalue weighted by Gasteiger charge is -2.53. The van der Waals surface area contributed by atoms with E-state index in [9.17, 15) is 14.9 Å². The number of rotatable bonds is 2. The van der Waals surface area contributed by atoms with Gasteiger partial charge in [0.25, 0.3) is 0 Å². The van der Waals surface area contributed by atoms with Gasteiger partial charge in [-0.25, -0.2) is 0 Å². The van der Waals surface area contributed by atoms with Gasteiger partial charge >= 0.3 is 0 Å². The van der Waals surface area contributed by atoms with Crippen molar-refractivity contribution in [3.8, 4) is 6.07 Å². The molecule has 1 saturated heterocycles. The molecule has 5 nitrogen and oxygen atoms in total. The van der Waals surface area contributed by atoms with E-state index >= 15 is 0 Å². The second-order valence-electron chi connectivity index (χ2n) is 8.78. The van der Waals surface area contributed by atoms with Gasteiger partial charge in [-0.05, 0) is 61.8 Å². The number of methoxy groups -OCH3 is 1. The van der Waals surface area contributed by atoms with Crippen LogP contribution >= 0.6 is 0 Å². The Bertz CT molecular complexity index is 863. The third-order valence-electron chi connectivity index (χ3n) is 7.66. The van der Waals surface area contributed by atoms with Gasteiger partial charge in [0.2, 0.25) is 5.91 Å². The lowest BCUT2D eigenvalue weighted by molar-refractivity contribution is -0.155. The quantitative estimate of drug-likeness (QED) is 0.854. The van der Waals surface area contributed by atoms with Crippen LogP contribution in [0.3, 0.4) is 0 Å². The molecule has 0 aromatic heterocycles. The molecule has 2 aliphatic carbocycles. The predicted octanol–water partition coefficient (Wildman–Crippen LogP) is 3.25. The summed E-state index contributed by atoms with van der Waals surface area (Å²) in [6.45, 7) is 3.84. The lowest BCUT2D eigenvalue weighted by atomic mass is 9.56. The van der Waals surface area contributed by atoms with E-state index in [1.165, 1.54) is 0 Å². The minimum atomic E-state index is -1.02. The van der Waals surface area contributed by atoms with Crippen LogP contribution in [0, 0.1) is 28.6 Å². The molecule has 2 fully saturated rings. The van der Waals surface area contributed by atoms with Crippen molar-refractivity contribution in [1.82, 2.24) is 5.32 Å². The maximum absolute atomic E-state index is 14.0. The number of nitrogens with one attached hydrogen (secondary N) is 1. The number of carbonyl (C=O) groups excluding carboxylic acids is 2. The van der Waals surface area contributed by atoms with Gasteiger partial charge in [0.15, 0.2) is 5.78 Å². The van der Waals surface area contributed by atoms with Crippen molar-refractivity contribution >= 4 is 11.7 Å². The number of hydrogen-bond acceptors (Lipinski definition) is 4. The van der Waals surface area contributed by atoms with Gasteiger partial charge in [0.05, 0.1) is 17.7 Å². The summed E-state index contributed by atoms with van der Waals surface area (Å²) in [6.07, 6.45) is 5.05. The minimum absolute atomic E-state index is 0.0464. The van der Waals surface area contributed by atoms with Gasteiger partial charge in [-0.1, -0.05) is 19.9 Å². The van der Waals surface area contributed by atoms with Crippen molar-refractivity contribution in [3.05, 3.63) is 34.9 Å². The van der Waals surface area contributed by atoms with Gasteiger partial charge in [-0.3, -0.25) is 9.59 Å². The Hall–Kier alpha value is -2.19. The molecular weight excluding hydrogens is 352 g/mol. The normalized spacial score (nSPS) is 37.0. The van der Waals surface area contributed by atoms with E-state index in [-0.39, 0.29) is 35.0 Å². The summed E-state index contributed by atoms with van der Waals surface area (Å²) in [6, 6.07) is 7.84. The number of nitrogens with zero attached hydrogens (tertiary/aromatic N) is 1. The molecule has 148 valence electrons. The van der Waals surface area contributed by atoms with E-state index in [2.05, 4.69) is 11.4 Å². The first-order chi connectivity index (χ1) is 13.4. The molecule has 1 aromatic rings. The third-order valence-corrected chi connectivity index (χ3v) is 7.66. The van der Waals surface area contributed by atoms with Crippen LogP contribution < -0.4 is 5.32 Å². The van der Waals surface area contributed by atoms with Crippen LogP contribution in [0.15, 0.2) is 18.2 Å². The van der Waals surface area contributed by atoms with Crippen LogP contribution in [-0.2, 0) is 26.3 Å². The molecule has 3 unspecified atom stereocenters. The average molecular weight is 380 g/mol. The molecule has 0 radical (unpaired) electrons. The maximum atomic E-state index is 14.0. The van der Waals surface area contributed by atoms with Crippen LogP contribution in [0.25, 0.3) is 0 Å². The Morgan fingerprint density at radius 1 is 1.29 bits per heavy atom. The summed E-state index contributed by atoms with van der Waals surface area (Å²) < 4.78 is 5.58. The zero-order chi connectivity index (χ0) is 20.1. The van der Waals surface area contributed by atoms with Crippen molar-refractivity contribution in [3.63, 3.8) is 0 Å². The van der Waals surface area contributed by atoms with E-state index < -0.39 is 5.54 Å². The van der Waals surface area contributed by atoms with E-state index in [0.717, 1.165) is 43.2 Å². The SMILES string of the molecule is CCC1C(=O)C2(NC(=O)C1C)c1cc(C#N)ccc1CC21CCC(OC)CC1. The van der Waals surface area contributed by atoms with Crippen molar-refractivity contribution in [2.24, 2.45) is 17.3 Å². The summed E-state index contributed by atoms with van der Waals surface area (Å²) in [4.78, 5) is 27.0. The number of benzene rings is 1. The summed E-state index contributed by atoms with van der Waals surface area (Å²) in [5.74, 6) is -0.525. The summed E-state index contributed by atoms with van der Waals surface area (Å²) in [5, 5.41) is 12.7. The second kappa shape index (κ2) is 6.70. The molecule has 1 aliphatic heterocycles. The van der Waals surface area contributed by atoms with E-state index in [0.29, 0.717) is 12.0 Å². The molecule has 0 bridgehead atoms. The fourth-order valence-corrected chi connectivity index (χ4v) is 6.04. The summed E-state index contributed by atoms with van der Waals surface area (Å²) in [7, 11) is 1.74. The van der Waals surface area contributed by atoms with Crippen LogP contribution in [0.5, 0.6) is 0 Å². The van der Waals surface area contributed by atoms with Crippen molar-refractivity contribution in [2.45, 2.75) is 64.0 Å². The standard InChI is InChI=1S/C23H28N2O3/c1-4-18-14(2)21(27)25-23(20(18)26)19-11-15(13-24)5-6-16(19)12-22(23)9-7-17(28-3)8-10-22/h5-6,11,14,17-18H,4,7-10,12H2,1-3H3,(H,25,27). The Labute approximate surface area is 166 Å². The molecular formula is C23H28N2O3. The number of Topliss-reactive ketones (excluding diaryl/α,β-unsaturated/α-hetero) is 1. The molecule has 1 heterocycles. The number of carbonyl (C=O) groups is 2. The number of ether oxygens (including phenoxy) is 1. The van der Waals surface area contributed by atoms with Crippen LogP contribution in [0.4, 0.5) is 0 Å². The molecule has 3 aliphatic rings. The number of amides is 1. The topological polar surface area (TPSA) is 79.2 Å². The largest absolute Gasteiger partial charge is 0.381 e. The van der Waals surface area contributed by atoms with Gasteiger partial charge in [0, 0.05) is 24.4 Å². The zero-order valence-electron chi connectivity index (χ0n) is 16.9. The number of hydrogen-bond donors (Lipinski definition) is 1. The van der Waals surface area contributed by atoms with Crippen LogP contribution in [0.2, 0.25) is 0 Å². The van der Waals surface area contributed by atoms with Crippen molar-refractivity contribution < 1.29 is 14.3 Å². The fourth-order valence-electron chi connectivity index (χ4n) is 6.04. The average Bonchev–Trinajstić information content (AvgIpc) is 2.97. The number of nitriles is 1. The van der Waals surface area contributed by atoms with Crippen LogP contribution in [0.1, 0.15) is 62.6 Å². The maximum Gasteiger partial charge on any atom is 0.224 e. The molecule has 1 aromatic carbocycles. The highest BCUT2D eigenvalue weighted by atomic mass is 16.5. The monoisotopic (exact) mass is 380 g/mol. The third kappa shape index (κ3) is 2.40. The first-order valence-electron chi connectivity index (χ1n) is 10.3. The van der Waals surface area contributed by atoms with E-state index in [4.69, 9.17) is 4.74 Å². The zero-order valence-corrected chi connectivity index (χ0v) is 16.9. The smallest absolute Gasteiger partial charge is 0.224 e. The summed E-state index contributed by atoms with van der Waals surface area (Å²) in [5.41, 5.74) is 1.13. The van der Waals surface area contributed by atoms with Crippen LogP contribution in [-0.4, -0.2) is 24.9 Å². The van der Waals surface area contributed by atoms with Crippen molar-refractivity contribution in [2.75, 3.05) is 7.11 Å². The van der Waals surface area contributed by atoms with Gasteiger partial charge in [-0.15, -0.1) is 0 Å². The Morgan fingerprint density at radius 2 is 2.00 bits per heavy atom. The molecule has 2 spiro atoms. The highest BCUT2D eigenvalue weighted by Gasteiger charge is 2.66. The van der Waals surface area contributed by atoms with Gasteiger partial charge < -0.3 is 10.1 Å². The Kier molecular flexibility index (Phi) is 4.58. The fraction of sp³-hybridized carbons (Fsp3) is 0.609. The van der Waals surface area contributed by atoms with Gasteiger partial charge in [0.1, 0.15) is 5.54 Å². The molecule has 28 heavy (non-hydrogen) atoms. The molecule has 1 amide bonds. The lowest BCUT2D eigenvalue weighted by Crippen LogP contribution is -2.68. The Morgan fingerprint density at radius 3 is 2.61 bits per heavy atom. The summed E-state index contributed by atoms with van der Waals surface area (Å²) >= 11 is 0. The first kappa shape index (κ1) is 19.1. The number of ketones is 1. The number of piperidine rings is 1. The van der Waals surface area contributed by atoms with Crippen molar-refractivity contribution in [1.29, 1.82) is 5.26 Å². The molecule has 1 N–H and O–H groups in total. The minimum Gasteiger partial charge on any atom is -0.381 e. The number of fused-ring (bicyclic) bond motifs is 3.